The van der Waals surface area contributed by atoms with Gasteiger partial charge in [0.15, 0.2) is 0 Å². The molecule has 0 aliphatic heterocycles. The normalized spacial score (nSPS) is 17.0. The van der Waals surface area contributed by atoms with Crippen LogP contribution in [0, 0.1) is 5.41 Å². The maximum atomic E-state index is 12.1. The molecule has 1 saturated carbocycles. The molecule has 1 aliphatic rings. The first kappa shape index (κ1) is 13.4. The Kier molecular flexibility index (Phi) is 3.95. The van der Waals surface area contributed by atoms with E-state index in [-0.39, 0.29) is 5.91 Å². The summed E-state index contributed by atoms with van der Waals surface area (Å²) in [6.45, 7) is 2.96. The van der Waals surface area contributed by atoms with Gasteiger partial charge in [-0.2, -0.15) is 0 Å². The van der Waals surface area contributed by atoms with Gasteiger partial charge in [0.2, 0.25) is 0 Å². The van der Waals surface area contributed by atoms with Crippen molar-refractivity contribution in [1.29, 1.82) is 0 Å². The van der Waals surface area contributed by atoms with Crippen molar-refractivity contribution in [3.63, 3.8) is 0 Å². The quantitative estimate of drug-likeness (QED) is 0.838. The Hall–Kier alpha value is -1.03. The van der Waals surface area contributed by atoms with E-state index in [1.807, 2.05) is 0 Å². The van der Waals surface area contributed by atoms with Crippen molar-refractivity contribution in [3.8, 4) is 0 Å². The van der Waals surface area contributed by atoms with Gasteiger partial charge >= 0.3 is 0 Å². The number of carbonyl (C=O) groups is 1. The fourth-order valence-electron chi connectivity index (χ4n) is 2.42. The Morgan fingerprint density at radius 3 is 2.78 bits per heavy atom. The molecule has 1 amide bonds. The van der Waals surface area contributed by atoms with Gasteiger partial charge in [-0.1, -0.05) is 19.4 Å². The van der Waals surface area contributed by atoms with E-state index < -0.39 is 0 Å². The maximum Gasteiger partial charge on any atom is 0.252 e. The third-order valence-electron chi connectivity index (χ3n) is 4.06. The minimum Gasteiger partial charge on any atom is -0.398 e. The Morgan fingerprint density at radius 2 is 2.22 bits per heavy atom. The molecule has 0 spiro atoms. The van der Waals surface area contributed by atoms with Crippen LogP contribution in [0.25, 0.3) is 0 Å². The lowest BCUT2D eigenvalue weighted by Gasteiger charge is -2.41. The molecule has 3 N–H and O–H groups in total. The zero-order chi connectivity index (χ0) is 13.2. The number of nitrogen functional groups attached to an aromatic ring is 1. The first-order valence-corrected chi connectivity index (χ1v) is 7.19. The Bertz CT molecular complexity index is 450. The summed E-state index contributed by atoms with van der Waals surface area (Å²) in [5.41, 5.74) is 7.32. The predicted molar refractivity (Wildman–Crippen MR) is 77.5 cm³/mol. The summed E-state index contributed by atoms with van der Waals surface area (Å²) in [5.74, 6) is -0.0473. The molecule has 0 unspecified atom stereocenters. The van der Waals surface area contributed by atoms with Gasteiger partial charge in [-0.3, -0.25) is 4.79 Å². The Morgan fingerprint density at radius 1 is 1.50 bits per heavy atom. The van der Waals surface area contributed by atoms with Gasteiger partial charge in [0, 0.05) is 12.2 Å². The van der Waals surface area contributed by atoms with Crippen LogP contribution in [-0.4, -0.2) is 12.5 Å². The van der Waals surface area contributed by atoms with Crippen LogP contribution in [0.4, 0.5) is 5.69 Å². The summed E-state index contributed by atoms with van der Waals surface area (Å²) in [6, 6.07) is 5.36. The minimum atomic E-state index is -0.0473. The molecular formula is C14H19BrN2O. The zero-order valence-electron chi connectivity index (χ0n) is 10.6. The molecule has 0 aromatic heterocycles. The number of rotatable bonds is 4. The second kappa shape index (κ2) is 5.31. The Balaban J connectivity index is 2.02. The fraction of sp³-hybridized carbons (Fsp3) is 0.500. The standard InChI is InChI=1S/C14H19BrN2O/c1-2-14(7-4-8-14)9-17-13(18)10-5-3-6-11(16)12(10)15/h3,5-6H,2,4,7-9,16H2,1H3,(H,17,18). The van der Waals surface area contributed by atoms with Crippen LogP contribution in [-0.2, 0) is 0 Å². The third-order valence-corrected chi connectivity index (χ3v) is 4.95. The maximum absolute atomic E-state index is 12.1. The lowest BCUT2D eigenvalue weighted by molar-refractivity contribution is 0.0849. The van der Waals surface area contributed by atoms with E-state index in [0.717, 1.165) is 13.0 Å². The number of carbonyl (C=O) groups excluding carboxylic acids is 1. The monoisotopic (exact) mass is 310 g/mol. The molecule has 1 aromatic carbocycles. The van der Waals surface area contributed by atoms with Crippen LogP contribution in [0.1, 0.15) is 43.0 Å². The second-order valence-corrected chi connectivity index (χ2v) is 5.89. The summed E-state index contributed by atoms with van der Waals surface area (Å²) < 4.78 is 0.682. The molecule has 1 fully saturated rings. The third kappa shape index (κ3) is 2.53. The molecule has 3 nitrogen and oxygen atoms in total. The predicted octanol–water partition coefficient (Wildman–Crippen LogP) is 3.34. The minimum absolute atomic E-state index is 0.0473. The molecule has 0 saturated heterocycles. The average molecular weight is 311 g/mol. The van der Waals surface area contributed by atoms with E-state index in [2.05, 4.69) is 28.2 Å². The van der Waals surface area contributed by atoms with Crippen LogP contribution >= 0.6 is 15.9 Å². The fourth-order valence-corrected chi connectivity index (χ4v) is 2.86. The molecule has 1 aromatic rings. The highest BCUT2D eigenvalue weighted by molar-refractivity contribution is 9.10. The topological polar surface area (TPSA) is 55.1 Å². The number of nitrogens with one attached hydrogen (secondary N) is 1. The molecule has 0 radical (unpaired) electrons. The average Bonchev–Trinajstić information content (AvgIpc) is 2.31. The van der Waals surface area contributed by atoms with Gasteiger partial charge < -0.3 is 11.1 Å². The summed E-state index contributed by atoms with van der Waals surface area (Å²) in [4.78, 5) is 12.1. The summed E-state index contributed by atoms with van der Waals surface area (Å²) >= 11 is 3.36. The van der Waals surface area contributed by atoms with E-state index >= 15 is 0 Å². The van der Waals surface area contributed by atoms with Crippen LogP contribution in [0.3, 0.4) is 0 Å². The smallest absolute Gasteiger partial charge is 0.252 e. The van der Waals surface area contributed by atoms with Crippen molar-refractivity contribution in [2.75, 3.05) is 12.3 Å². The van der Waals surface area contributed by atoms with Gasteiger partial charge in [-0.25, -0.2) is 0 Å². The molecule has 0 heterocycles. The van der Waals surface area contributed by atoms with Crippen LogP contribution in [0.15, 0.2) is 22.7 Å². The van der Waals surface area contributed by atoms with E-state index in [0.29, 0.717) is 21.1 Å². The lowest BCUT2D eigenvalue weighted by atomic mass is 9.67. The van der Waals surface area contributed by atoms with Gasteiger partial charge in [-0.15, -0.1) is 0 Å². The van der Waals surface area contributed by atoms with Crippen LogP contribution < -0.4 is 11.1 Å². The number of nitrogens with two attached hydrogens (primary N) is 1. The van der Waals surface area contributed by atoms with Gasteiger partial charge in [0.25, 0.3) is 5.91 Å². The number of halogens is 1. The highest BCUT2D eigenvalue weighted by atomic mass is 79.9. The van der Waals surface area contributed by atoms with Crippen molar-refractivity contribution < 1.29 is 4.79 Å². The van der Waals surface area contributed by atoms with Crippen LogP contribution in [0.2, 0.25) is 0 Å². The molecule has 2 rings (SSSR count). The second-order valence-electron chi connectivity index (χ2n) is 5.10. The Labute approximate surface area is 116 Å². The van der Waals surface area contributed by atoms with E-state index in [1.54, 1.807) is 18.2 Å². The molecule has 1 aliphatic carbocycles. The zero-order valence-corrected chi connectivity index (χ0v) is 12.2. The van der Waals surface area contributed by atoms with E-state index in [1.165, 1.54) is 19.3 Å². The van der Waals surface area contributed by atoms with Crippen LogP contribution in [0.5, 0.6) is 0 Å². The van der Waals surface area contributed by atoms with E-state index in [4.69, 9.17) is 5.73 Å². The first-order chi connectivity index (χ1) is 8.58. The van der Waals surface area contributed by atoms with Crippen molar-refractivity contribution in [2.45, 2.75) is 32.6 Å². The van der Waals surface area contributed by atoms with Gasteiger partial charge in [0.05, 0.1) is 10.0 Å². The summed E-state index contributed by atoms with van der Waals surface area (Å²) in [7, 11) is 0. The SMILES string of the molecule is CCC1(CNC(=O)c2cccc(N)c2Br)CCC1. The lowest BCUT2D eigenvalue weighted by Crippen LogP contribution is -2.41. The molecule has 98 valence electrons. The van der Waals surface area contributed by atoms with E-state index in [9.17, 15) is 4.79 Å². The van der Waals surface area contributed by atoms with Crippen molar-refractivity contribution in [3.05, 3.63) is 28.2 Å². The molecule has 0 atom stereocenters. The van der Waals surface area contributed by atoms with Gasteiger partial charge in [-0.05, 0) is 52.7 Å². The largest absolute Gasteiger partial charge is 0.398 e. The molecule has 0 bridgehead atoms. The van der Waals surface area contributed by atoms with Crippen molar-refractivity contribution in [1.82, 2.24) is 5.32 Å². The number of benzene rings is 1. The molecule has 18 heavy (non-hydrogen) atoms. The van der Waals surface area contributed by atoms with Crippen molar-refractivity contribution in [2.24, 2.45) is 5.41 Å². The summed E-state index contributed by atoms with van der Waals surface area (Å²) in [5, 5.41) is 3.04. The number of anilines is 1. The molecule has 4 heteroatoms. The highest BCUT2D eigenvalue weighted by Crippen LogP contribution is 2.43. The van der Waals surface area contributed by atoms with Gasteiger partial charge in [0.1, 0.15) is 0 Å². The summed E-state index contributed by atoms with van der Waals surface area (Å²) in [6.07, 6.45) is 4.86. The number of hydrogen-bond acceptors (Lipinski definition) is 2. The number of hydrogen-bond donors (Lipinski definition) is 2. The highest BCUT2D eigenvalue weighted by Gasteiger charge is 2.35. The first-order valence-electron chi connectivity index (χ1n) is 6.40. The molecular weight excluding hydrogens is 292 g/mol. The number of amides is 1. The van der Waals surface area contributed by atoms with Crippen molar-refractivity contribution >= 4 is 27.5 Å².